The van der Waals surface area contributed by atoms with E-state index in [2.05, 4.69) is 0 Å². The molecule has 0 N–H and O–H groups in total. The topological polar surface area (TPSA) is 54.5 Å². The lowest BCUT2D eigenvalue weighted by molar-refractivity contribution is 0.0884. The summed E-state index contributed by atoms with van der Waals surface area (Å²) in [5, 5.41) is 0. The molecule has 1 aliphatic rings. The number of hydrogen-bond donors (Lipinski definition) is 0. The molecule has 0 spiro atoms. The Morgan fingerprint density at radius 3 is 2.40 bits per heavy atom. The minimum Gasteiger partial charge on any atom is -0.268 e. The van der Waals surface area contributed by atoms with E-state index in [1.165, 1.54) is 12.1 Å². The fourth-order valence-corrected chi connectivity index (χ4v) is 4.24. The largest absolute Gasteiger partial charge is 0.270 e. The Labute approximate surface area is 136 Å². The van der Waals surface area contributed by atoms with Gasteiger partial charge in [0.1, 0.15) is 10.9 Å². The van der Waals surface area contributed by atoms with E-state index in [-0.39, 0.29) is 10.5 Å². The number of fused-ring (bicyclic) bond motifs is 1. The van der Waals surface area contributed by atoms with Crippen molar-refractivity contribution in [3.63, 3.8) is 0 Å². The van der Waals surface area contributed by atoms with E-state index in [9.17, 15) is 13.2 Å². The molecule has 0 saturated heterocycles. The Morgan fingerprint density at radius 2 is 1.90 bits per heavy atom. The lowest BCUT2D eigenvalue weighted by Crippen LogP contribution is -2.29. The molecular formula is C11H9Cl4NO3S. The molecule has 0 fully saturated rings. The third-order valence-corrected chi connectivity index (χ3v) is 6.27. The summed E-state index contributed by atoms with van der Waals surface area (Å²) >= 11 is 23.1. The van der Waals surface area contributed by atoms with Crippen LogP contribution in [0.4, 0.5) is 0 Å². The average molecular weight is 377 g/mol. The smallest absolute Gasteiger partial charge is 0.268 e. The van der Waals surface area contributed by atoms with Crippen LogP contribution >= 0.6 is 46.4 Å². The van der Waals surface area contributed by atoms with Crippen LogP contribution in [0.1, 0.15) is 28.8 Å². The lowest BCUT2D eigenvalue weighted by Gasteiger charge is -2.21. The number of rotatable bonds is 2. The van der Waals surface area contributed by atoms with Crippen LogP contribution in [0.25, 0.3) is 0 Å². The molecule has 1 amide bonds. The van der Waals surface area contributed by atoms with E-state index in [0.29, 0.717) is 9.87 Å². The Morgan fingerprint density at radius 1 is 1.30 bits per heavy atom. The second-order valence-corrected chi connectivity index (χ2v) is 8.70. The Kier molecular flexibility index (Phi) is 4.22. The predicted molar refractivity (Wildman–Crippen MR) is 79.2 cm³/mol. The number of amides is 1. The molecule has 1 aromatic rings. The normalized spacial score (nSPS) is 19.1. The van der Waals surface area contributed by atoms with Gasteiger partial charge in [-0.05, 0) is 11.6 Å². The summed E-state index contributed by atoms with van der Waals surface area (Å²) in [7, 11) is -3.92. The maximum atomic E-state index is 12.2. The minimum absolute atomic E-state index is 0.0203. The van der Waals surface area contributed by atoms with Gasteiger partial charge in [-0.25, -0.2) is 12.7 Å². The van der Waals surface area contributed by atoms with Crippen LogP contribution < -0.4 is 0 Å². The zero-order valence-electron chi connectivity index (χ0n) is 10.1. The van der Waals surface area contributed by atoms with E-state index in [0.717, 1.165) is 0 Å². The number of carbonyl (C=O) groups is 1. The van der Waals surface area contributed by atoms with E-state index in [4.69, 9.17) is 46.4 Å². The van der Waals surface area contributed by atoms with Gasteiger partial charge < -0.3 is 0 Å². The molecule has 1 aromatic carbocycles. The van der Waals surface area contributed by atoms with Gasteiger partial charge in [0.15, 0.2) is 3.79 Å². The van der Waals surface area contributed by atoms with Crippen molar-refractivity contribution in [3.05, 3.63) is 29.3 Å². The van der Waals surface area contributed by atoms with Crippen molar-refractivity contribution in [2.24, 2.45) is 0 Å². The zero-order chi connectivity index (χ0) is 15.3. The molecule has 110 valence electrons. The molecule has 0 radical (unpaired) electrons. The molecule has 20 heavy (non-hydrogen) atoms. The molecule has 1 atom stereocenters. The highest BCUT2D eigenvalue weighted by molar-refractivity contribution is 7.90. The number of nitrogens with zero attached hydrogens (tertiary/aromatic N) is 1. The molecule has 9 heteroatoms. The SMILES string of the molecule is CC(c1cccc2c1C(=O)N(CCl)S2(=O)=O)C(Cl)(Cl)Cl. The first kappa shape index (κ1) is 16.2. The number of benzene rings is 1. The van der Waals surface area contributed by atoms with Crippen LogP contribution in [0.2, 0.25) is 0 Å². The van der Waals surface area contributed by atoms with Gasteiger partial charge >= 0.3 is 0 Å². The summed E-state index contributed by atoms with van der Waals surface area (Å²) in [5.74, 6) is -1.36. The molecule has 0 bridgehead atoms. The minimum atomic E-state index is -3.92. The summed E-state index contributed by atoms with van der Waals surface area (Å²) in [6, 6.07) is 3.95. The van der Waals surface area contributed by atoms with Crippen molar-refractivity contribution in [3.8, 4) is 0 Å². The number of sulfonamides is 1. The first-order valence-electron chi connectivity index (χ1n) is 5.45. The van der Waals surface area contributed by atoms with E-state index >= 15 is 0 Å². The van der Waals surface area contributed by atoms with Crippen molar-refractivity contribution in [2.45, 2.75) is 21.5 Å². The zero-order valence-corrected chi connectivity index (χ0v) is 13.9. The monoisotopic (exact) mass is 375 g/mol. The van der Waals surface area contributed by atoms with Crippen molar-refractivity contribution in [1.82, 2.24) is 4.31 Å². The lowest BCUT2D eigenvalue weighted by atomic mass is 9.96. The van der Waals surface area contributed by atoms with Crippen LogP contribution in [0, 0.1) is 0 Å². The van der Waals surface area contributed by atoms with Crippen molar-refractivity contribution < 1.29 is 13.2 Å². The fraction of sp³-hybridized carbons (Fsp3) is 0.364. The summed E-state index contributed by atoms with van der Waals surface area (Å²) in [4.78, 5) is 12.1. The van der Waals surface area contributed by atoms with Crippen LogP contribution in [-0.2, 0) is 10.0 Å². The molecule has 0 aromatic heterocycles. The second kappa shape index (κ2) is 5.21. The Bertz CT molecular complexity index is 669. The second-order valence-electron chi connectivity index (χ2n) is 4.26. The van der Waals surface area contributed by atoms with E-state index in [1.807, 2.05) is 0 Å². The van der Waals surface area contributed by atoms with Gasteiger partial charge in [-0.1, -0.05) is 53.9 Å². The highest BCUT2D eigenvalue weighted by Gasteiger charge is 2.44. The average Bonchev–Trinajstić information content (AvgIpc) is 2.55. The van der Waals surface area contributed by atoms with Gasteiger partial charge in [0.2, 0.25) is 0 Å². The van der Waals surface area contributed by atoms with Crippen LogP contribution in [0.15, 0.2) is 23.1 Å². The molecule has 0 aliphatic carbocycles. The molecule has 2 rings (SSSR count). The van der Waals surface area contributed by atoms with Gasteiger partial charge in [-0.15, -0.1) is 11.6 Å². The Balaban J connectivity index is 2.71. The van der Waals surface area contributed by atoms with Gasteiger partial charge in [0.05, 0.1) is 5.56 Å². The number of alkyl halides is 4. The summed E-state index contributed by atoms with van der Waals surface area (Å²) in [6.45, 7) is 1.60. The summed E-state index contributed by atoms with van der Waals surface area (Å²) in [6.07, 6.45) is 0. The fourth-order valence-electron chi connectivity index (χ4n) is 2.00. The van der Waals surface area contributed by atoms with Crippen molar-refractivity contribution >= 4 is 62.3 Å². The maximum absolute atomic E-state index is 12.2. The van der Waals surface area contributed by atoms with Crippen LogP contribution in [0.5, 0.6) is 0 Å². The molecular weight excluding hydrogens is 368 g/mol. The molecule has 0 saturated carbocycles. The van der Waals surface area contributed by atoms with E-state index < -0.39 is 31.6 Å². The predicted octanol–water partition coefficient (Wildman–Crippen LogP) is 3.50. The van der Waals surface area contributed by atoms with Crippen molar-refractivity contribution in [2.75, 3.05) is 6.00 Å². The highest BCUT2D eigenvalue weighted by Crippen LogP contribution is 2.45. The maximum Gasteiger partial charge on any atom is 0.270 e. The van der Waals surface area contributed by atoms with Gasteiger partial charge in [-0.3, -0.25) is 4.79 Å². The number of halogens is 4. The van der Waals surface area contributed by atoms with Gasteiger partial charge in [0, 0.05) is 5.92 Å². The van der Waals surface area contributed by atoms with Gasteiger partial charge in [0.25, 0.3) is 15.9 Å². The van der Waals surface area contributed by atoms with Crippen LogP contribution in [0.3, 0.4) is 0 Å². The molecule has 4 nitrogen and oxygen atoms in total. The first-order chi connectivity index (χ1) is 9.12. The highest BCUT2D eigenvalue weighted by atomic mass is 35.6. The quantitative estimate of drug-likeness (QED) is 0.586. The summed E-state index contributed by atoms with van der Waals surface area (Å²) in [5.41, 5.74) is 0.385. The third kappa shape index (κ3) is 2.40. The van der Waals surface area contributed by atoms with Crippen LogP contribution in [-0.4, -0.2) is 28.4 Å². The standard InChI is InChI=1S/C11H9Cl4NO3S/c1-6(11(13,14)15)7-3-2-4-8-9(7)10(17)16(5-12)20(8,18)19/h2-4,6H,5H2,1H3. The molecule has 1 heterocycles. The number of hydrogen-bond acceptors (Lipinski definition) is 3. The third-order valence-electron chi connectivity index (χ3n) is 3.13. The van der Waals surface area contributed by atoms with Gasteiger partial charge in [-0.2, -0.15) is 0 Å². The molecule has 1 unspecified atom stereocenters. The molecule has 1 aliphatic heterocycles. The van der Waals surface area contributed by atoms with Crippen molar-refractivity contribution in [1.29, 1.82) is 0 Å². The van der Waals surface area contributed by atoms with E-state index in [1.54, 1.807) is 13.0 Å². The summed E-state index contributed by atoms with van der Waals surface area (Å²) < 4.78 is 23.3. The number of carbonyl (C=O) groups excluding carboxylic acids is 1. The Hall–Kier alpha value is -0.200. The first-order valence-corrected chi connectivity index (χ1v) is 8.56.